The number of rotatable bonds is 10. The second-order valence-electron chi connectivity index (χ2n) is 11.1. The molecule has 0 unspecified atom stereocenters. The molecule has 0 aliphatic carbocycles. The van der Waals surface area contributed by atoms with Gasteiger partial charge < -0.3 is 19.9 Å². The molecule has 7 nitrogen and oxygen atoms in total. The van der Waals surface area contributed by atoms with E-state index in [1.165, 1.54) is 0 Å². The summed E-state index contributed by atoms with van der Waals surface area (Å²) in [6.07, 6.45) is 3.05. The van der Waals surface area contributed by atoms with Crippen LogP contribution < -0.4 is 5.32 Å². The average Bonchev–Trinajstić information content (AvgIpc) is 2.82. The summed E-state index contributed by atoms with van der Waals surface area (Å²) in [5.41, 5.74) is -1.68. The summed E-state index contributed by atoms with van der Waals surface area (Å²) in [6, 6.07) is -0.253. The summed E-state index contributed by atoms with van der Waals surface area (Å²) >= 11 is 0. The molecule has 3 atom stereocenters. The molecule has 0 radical (unpaired) electrons. The van der Waals surface area contributed by atoms with Gasteiger partial charge in [-0.25, -0.2) is 4.79 Å². The van der Waals surface area contributed by atoms with Crippen molar-refractivity contribution in [2.45, 2.75) is 118 Å². The summed E-state index contributed by atoms with van der Waals surface area (Å²) in [4.78, 5) is 27.4. The van der Waals surface area contributed by atoms with Gasteiger partial charge in [0.15, 0.2) is 0 Å². The first-order chi connectivity index (χ1) is 14.1. The third kappa shape index (κ3) is 8.60. The lowest BCUT2D eigenvalue weighted by Crippen LogP contribution is -2.51. The van der Waals surface area contributed by atoms with Gasteiger partial charge in [-0.1, -0.05) is 34.1 Å². The molecule has 0 aromatic heterocycles. The van der Waals surface area contributed by atoms with Crippen molar-refractivity contribution in [1.82, 2.24) is 10.2 Å². The van der Waals surface area contributed by atoms with Crippen molar-refractivity contribution in [2.24, 2.45) is 11.3 Å². The molecular formula is C24H46N2O5. The lowest BCUT2D eigenvalue weighted by atomic mass is 9.80. The minimum Gasteiger partial charge on any atom is -0.444 e. The Morgan fingerprint density at radius 2 is 1.84 bits per heavy atom. The Bertz CT molecular complexity index is 597. The molecule has 2 amide bonds. The van der Waals surface area contributed by atoms with Gasteiger partial charge in [0.1, 0.15) is 11.3 Å². The highest BCUT2D eigenvalue weighted by molar-refractivity contribution is 5.78. The second-order valence-corrected chi connectivity index (χ2v) is 11.1. The quantitative estimate of drug-likeness (QED) is 0.488. The maximum Gasteiger partial charge on any atom is 0.412 e. The van der Waals surface area contributed by atoms with Crippen LogP contribution in [0.4, 0.5) is 4.79 Å². The Labute approximate surface area is 189 Å². The fourth-order valence-corrected chi connectivity index (χ4v) is 4.15. The largest absolute Gasteiger partial charge is 0.444 e. The van der Waals surface area contributed by atoms with Gasteiger partial charge in [0.2, 0.25) is 5.91 Å². The van der Waals surface area contributed by atoms with Crippen LogP contribution in [0.3, 0.4) is 0 Å². The molecule has 0 spiro atoms. The zero-order valence-corrected chi connectivity index (χ0v) is 21.2. The van der Waals surface area contributed by atoms with Gasteiger partial charge in [0.25, 0.3) is 0 Å². The molecule has 1 fully saturated rings. The molecule has 0 aromatic rings. The van der Waals surface area contributed by atoms with E-state index in [4.69, 9.17) is 9.47 Å². The Morgan fingerprint density at radius 1 is 1.23 bits per heavy atom. The molecule has 0 bridgehead atoms. The van der Waals surface area contributed by atoms with Gasteiger partial charge in [0, 0.05) is 19.1 Å². The van der Waals surface area contributed by atoms with Gasteiger partial charge in [-0.05, 0) is 65.7 Å². The predicted molar refractivity (Wildman–Crippen MR) is 123 cm³/mol. The summed E-state index contributed by atoms with van der Waals surface area (Å²) in [7, 11) is 0. The third-order valence-electron chi connectivity index (χ3n) is 5.78. The van der Waals surface area contributed by atoms with E-state index < -0.39 is 17.4 Å². The van der Waals surface area contributed by atoms with E-state index in [-0.39, 0.29) is 36.0 Å². The van der Waals surface area contributed by atoms with E-state index in [1.807, 2.05) is 41.5 Å². The van der Waals surface area contributed by atoms with Crippen LogP contribution >= 0.6 is 0 Å². The van der Waals surface area contributed by atoms with Crippen molar-refractivity contribution in [3.63, 3.8) is 0 Å². The molecule has 1 saturated heterocycles. The first-order valence-electron chi connectivity index (χ1n) is 11.7. The number of carbonyl (C=O) groups is 2. The number of hydrogen-bond acceptors (Lipinski definition) is 5. The maximum atomic E-state index is 13.2. The molecule has 2 N–H and O–H groups in total. The van der Waals surface area contributed by atoms with Crippen LogP contribution in [0, 0.1) is 11.3 Å². The van der Waals surface area contributed by atoms with Crippen molar-refractivity contribution < 1.29 is 24.2 Å². The van der Waals surface area contributed by atoms with Gasteiger partial charge >= 0.3 is 6.09 Å². The first-order valence-corrected chi connectivity index (χ1v) is 11.7. The van der Waals surface area contributed by atoms with E-state index in [0.29, 0.717) is 25.8 Å². The van der Waals surface area contributed by atoms with Gasteiger partial charge in [-0.2, -0.15) is 0 Å². The van der Waals surface area contributed by atoms with Crippen LogP contribution in [0.5, 0.6) is 0 Å². The smallest absolute Gasteiger partial charge is 0.412 e. The Hall–Kier alpha value is -1.34. The Morgan fingerprint density at radius 3 is 2.35 bits per heavy atom. The number of amides is 2. The first kappa shape index (κ1) is 27.7. The van der Waals surface area contributed by atoms with Gasteiger partial charge in [0.05, 0.1) is 12.1 Å². The van der Waals surface area contributed by atoms with Crippen LogP contribution in [0.2, 0.25) is 0 Å². The fourth-order valence-electron chi connectivity index (χ4n) is 4.15. The fraction of sp³-hybridized carbons (Fsp3) is 0.917. The number of aliphatic hydroxyl groups excluding tert-OH is 1. The number of carbonyl (C=O) groups excluding carboxylic acids is 2. The van der Waals surface area contributed by atoms with Crippen molar-refractivity contribution in [2.75, 3.05) is 13.2 Å². The summed E-state index contributed by atoms with van der Waals surface area (Å²) in [5.74, 6) is -0.223. The molecule has 1 rings (SSSR count). The number of nitrogens with zero attached hydrogens (tertiary/aromatic N) is 1. The zero-order chi connectivity index (χ0) is 24.0. The molecule has 1 aliphatic rings. The lowest BCUT2D eigenvalue weighted by Gasteiger charge is -2.38. The average molecular weight is 443 g/mol. The molecule has 0 aromatic carbocycles. The monoisotopic (exact) mass is 442 g/mol. The minimum absolute atomic E-state index is 0.0129. The Kier molecular flexibility index (Phi) is 9.82. The van der Waals surface area contributed by atoms with Crippen molar-refractivity contribution in [3.05, 3.63) is 0 Å². The lowest BCUT2D eigenvalue weighted by molar-refractivity contribution is -0.126. The molecule has 7 heteroatoms. The van der Waals surface area contributed by atoms with E-state index >= 15 is 0 Å². The standard InChI is InChI=1S/C24H46N2O5/c1-10-11-13-25-20(28)17(2)15-19-18(16-23(6,7)12-14-27)26(24(8,9)30-19)21(29)31-22(3,4)5/h17-19,27H,10-16H2,1-9H3,(H,25,28)/t17-,18+,19+/m1/s1. The number of nitrogens with one attached hydrogen (secondary N) is 1. The minimum atomic E-state index is -0.856. The maximum absolute atomic E-state index is 13.2. The zero-order valence-electron chi connectivity index (χ0n) is 21.2. The molecule has 1 aliphatic heterocycles. The number of aliphatic hydroxyl groups is 1. The molecular weight excluding hydrogens is 396 g/mol. The van der Waals surface area contributed by atoms with Crippen LogP contribution in [0.1, 0.15) is 94.4 Å². The van der Waals surface area contributed by atoms with E-state index in [1.54, 1.807) is 4.90 Å². The van der Waals surface area contributed by atoms with E-state index in [2.05, 4.69) is 26.1 Å². The van der Waals surface area contributed by atoms with Gasteiger partial charge in [-0.15, -0.1) is 0 Å². The SMILES string of the molecule is CCCCNC(=O)[C@H](C)C[C@@H]1OC(C)(C)N(C(=O)OC(C)(C)C)[C@H]1CC(C)(C)CCO. The molecule has 0 saturated carbocycles. The summed E-state index contributed by atoms with van der Waals surface area (Å²) < 4.78 is 12.1. The Balaban J connectivity index is 3.11. The molecule has 31 heavy (non-hydrogen) atoms. The normalized spacial score (nSPS) is 22.3. The third-order valence-corrected chi connectivity index (χ3v) is 5.78. The van der Waals surface area contributed by atoms with Crippen molar-refractivity contribution >= 4 is 12.0 Å². The highest BCUT2D eigenvalue weighted by Crippen LogP contribution is 2.42. The summed E-state index contributed by atoms with van der Waals surface area (Å²) in [6.45, 7) is 18.2. The molecule has 182 valence electrons. The number of ether oxygens (including phenoxy) is 2. The second kappa shape index (κ2) is 11.0. The van der Waals surface area contributed by atoms with Crippen molar-refractivity contribution in [1.29, 1.82) is 0 Å². The molecule has 1 heterocycles. The van der Waals surface area contributed by atoms with E-state index in [9.17, 15) is 14.7 Å². The van der Waals surface area contributed by atoms with Gasteiger partial charge in [-0.3, -0.25) is 9.69 Å². The topological polar surface area (TPSA) is 88.1 Å². The highest BCUT2D eigenvalue weighted by atomic mass is 16.6. The number of unbranched alkanes of at least 4 members (excludes halogenated alkanes) is 1. The van der Waals surface area contributed by atoms with Crippen LogP contribution in [-0.2, 0) is 14.3 Å². The highest BCUT2D eigenvalue weighted by Gasteiger charge is 2.52. The number of hydrogen-bond donors (Lipinski definition) is 2. The van der Waals surface area contributed by atoms with E-state index in [0.717, 1.165) is 12.8 Å². The predicted octanol–water partition coefficient (Wildman–Crippen LogP) is 4.47. The van der Waals surface area contributed by atoms with Crippen molar-refractivity contribution in [3.8, 4) is 0 Å². The summed E-state index contributed by atoms with van der Waals surface area (Å²) in [5, 5.41) is 12.5. The van der Waals surface area contributed by atoms with Crippen LogP contribution in [0.25, 0.3) is 0 Å². The van der Waals surface area contributed by atoms with Crippen LogP contribution in [0.15, 0.2) is 0 Å². The van der Waals surface area contributed by atoms with Crippen LogP contribution in [-0.4, -0.2) is 58.6 Å².